The summed E-state index contributed by atoms with van der Waals surface area (Å²) in [4.78, 5) is 43.3. The van der Waals surface area contributed by atoms with Crippen LogP contribution in [0.2, 0.25) is 0 Å². The molecule has 0 aliphatic heterocycles. The minimum Gasteiger partial charge on any atom is -0.456 e. The van der Waals surface area contributed by atoms with Crippen molar-refractivity contribution in [2.75, 3.05) is 13.1 Å². The first-order chi connectivity index (χ1) is 18.7. The highest BCUT2D eigenvalue weighted by atomic mass is 32.2. The number of benzene rings is 2. The van der Waals surface area contributed by atoms with E-state index in [2.05, 4.69) is 18.8 Å². The summed E-state index contributed by atoms with van der Waals surface area (Å²) in [6.45, 7) is 5.31. The Morgan fingerprint density at radius 1 is 0.821 bits per heavy atom. The molecule has 1 N–H and O–H groups in total. The number of carbonyl (C=O) groups is 3. The molecule has 1 aromatic heterocycles. The number of ether oxygens (including phenoxy) is 1. The first-order valence-corrected chi connectivity index (χ1v) is 14.4. The molecule has 0 fully saturated rings. The molecule has 3 rings (SSSR count). The zero-order valence-corrected chi connectivity index (χ0v) is 22.9. The fourth-order valence-corrected chi connectivity index (χ4v) is 4.63. The molecule has 3 aromatic rings. The number of carbonyl (C=O) groups excluding carboxylic acids is 3. The summed E-state index contributed by atoms with van der Waals surface area (Å²) in [6.07, 6.45) is 4.92. The lowest BCUT2D eigenvalue weighted by Crippen LogP contribution is -2.33. The topological polar surface area (TPSA) is 123 Å². The van der Waals surface area contributed by atoms with Gasteiger partial charge in [-0.05, 0) is 61.4 Å². The van der Waals surface area contributed by atoms with Crippen LogP contribution in [0.4, 0.5) is 0 Å². The molecule has 1 heterocycles. The number of nitrogens with one attached hydrogen (secondary N) is 1. The van der Waals surface area contributed by atoms with Crippen LogP contribution >= 0.6 is 0 Å². The van der Waals surface area contributed by atoms with E-state index in [9.17, 15) is 22.8 Å². The average molecular weight is 552 g/mol. The Balaban J connectivity index is 1.60. The maximum atomic E-state index is 12.9. The number of hydrogen-bond donors (Lipinski definition) is 1. The second kappa shape index (κ2) is 14.2. The van der Waals surface area contributed by atoms with Gasteiger partial charge in [-0.25, -0.2) is 17.9 Å². The molecule has 0 aliphatic rings. The van der Waals surface area contributed by atoms with Gasteiger partial charge in [0, 0.05) is 24.8 Å². The summed E-state index contributed by atoms with van der Waals surface area (Å²) >= 11 is 0. The summed E-state index contributed by atoms with van der Waals surface area (Å²) in [7, 11) is -4.18. The van der Waals surface area contributed by atoms with Gasteiger partial charge in [0.1, 0.15) is 6.61 Å². The third-order valence-corrected chi connectivity index (χ3v) is 7.28. The fourth-order valence-electron chi connectivity index (χ4n) is 3.65. The highest BCUT2D eigenvalue weighted by Crippen LogP contribution is 2.15. The number of pyridine rings is 1. The molecule has 2 amide bonds. The summed E-state index contributed by atoms with van der Waals surface area (Å²) in [5.41, 5.74) is 1.21. The predicted molar refractivity (Wildman–Crippen MR) is 147 cm³/mol. The molecule has 0 radical (unpaired) electrons. The van der Waals surface area contributed by atoms with Crippen molar-refractivity contribution >= 4 is 27.8 Å². The quantitative estimate of drug-likeness (QED) is 0.308. The van der Waals surface area contributed by atoms with Crippen molar-refractivity contribution in [3.63, 3.8) is 0 Å². The van der Waals surface area contributed by atoms with E-state index in [4.69, 9.17) is 4.74 Å². The highest BCUT2D eigenvalue weighted by Gasteiger charge is 2.21. The van der Waals surface area contributed by atoms with Gasteiger partial charge in [-0.3, -0.25) is 14.6 Å². The van der Waals surface area contributed by atoms with Crippen LogP contribution < -0.4 is 4.72 Å². The lowest BCUT2D eigenvalue weighted by atomic mass is 10.1. The average Bonchev–Trinajstić information content (AvgIpc) is 2.96. The monoisotopic (exact) mass is 551 g/mol. The number of unbranched alkanes of at least 4 members (excludes halogenated alkanes) is 2. The SMILES string of the molecule is CCCCN(CCCC)C(=O)c1ccc(S(=O)(=O)NC(=O)c2ccc(COC(=O)c3ccccc3)nc2)cc1. The Morgan fingerprint density at radius 2 is 1.44 bits per heavy atom. The lowest BCUT2D eigenvalue weighted by Gasteiger charge is -2.22. The van der Waals surface area contributed by atoms with Crippen LogP contribution in [0.15, 0.2) is 77.8 Å². The zero-order valence-electron chi connectivity index (χ0n) is 22.1. The summed E-state index contributed by atoms with van der Waals surface area (Å²) in [6, 6.07) is 16.9. The largest absolute Gasteiger partial charge is 0.456 e. The molecule has 39 heavy (non-hydrogen) atoms. The third kappa shape index (κ3) is 8.47. The normalized spacial score (nSPS) is 11.0. The van der Waals surface area contributed by atoms with Gasteiger partial charge in [-0.1, -0.05) is 44.9 Å². The molecule has 0 bridgehead atoms. The van der Waals surface area contributed by atoms with Crippen LogP contribution in [0.1, 0.15) is 76.3 Å². The van der Waals surface area contributed by atoms with Crippen molar-refractivity contribution in [3.05, 3.63) is 95.3 Å². The lowest BCUT2D eigenvalue weighted by molar-refractivity contribution is 0.0467. The predicted octanol–water partition coefficient (Wildman–Crippen LogP) is 4.60. The van der Waals surface area contributed by atoms with Crippen LogP contribution in [-0.2, 0) is 21.4 Å². The van der Waals surface area contributed by atoms with Crippen LogP contribution in [0.25, 0.3) is 0 Å². The van der Waals surface area contributed by atoms with Gasteiger partial charge < -0.3 is 9.64 Å². The van der Waals surface area contributed by atoms with E-state index in [1.165, 1.54) is 42.6 Å². The van der Waals surface area contributed by atoms with Crippen molar-refractivity contribution in [1.29, 1.82) is 0 Å². The van der Waals surface area contributed by atoms with Crippen molar-refractivity contribution in [2.45, 2.75) is 51.0 Å². The fraction of sp³-hybridized carbons (Fsp3) is 0.310. The smallest absolute Gasteiger partial charge is 0.338 e. The van der Waals surface area contributed by atoms with Crippen molar-refractivity contribution < 1.29 is 27.5 Å². The van der Waals surface area contributed by atoms with Gasteiger partial charge in [0.05, 0.1) is 21.7 Å². The van der Waals surface area contributed by atoms with E-state index < -0.39 is 21.9 Å². The summed E-state index contributed by atoms with van der Waals surface area (Å²) in [5.74, 6) is -1.51. The van der Waals surface area contributed by atoms with E-state index in [1.54, 1.807) is 35.2 Å². The molecule has 0 atom stereocenters. The molecule has 0 saturated heterocycles. The molecule has 0 aliphatic carbocycles. The second-order valence-electron chi connectivity index (χ2n) is 8.94. The number of hydrogen-bond acceptors (Lipinski definition) is 7. The van der Waals surface area contributed by atoms with Gasteiger partial charge in [0.2, 0.25) is 0 Å². The van der Waals surface area contributed by atoms with Gasteiger partial charge in [-0.2, -0.15) is 0 Å². The van der Waals surface area contributed by atoms with E-state index in [0.29, 0.717) is 29.9 Å². The van der Waals surface area contributed by atoms with Crippen LogP contribution in [0, 0.1) is 0 Å². The molecule has 0 saturated carbocycles. The van der Waals surface area contributed by atoms with Gasteiger partial charge in [0.15, 0.2) is 0 Å². The third-order valence-electron chi connectivity index (χ3n) is 5.94. The Hall–Kier alpha value is -4.05. The van der Waals surface area contributed by atoms with Crippen molar-refractivity contribution in [2.24, 2.45) is 0 Å². The Kier molecular flexibility index (Phi) is 10.7. The van der Waals surface area contributed by atoms with Crippen LogP contribution in [0.5, 0.6) is 0 Å². The standard InChI is InChI=1S/C29H33N3O6S/c1-3-5-18-32(19-6-4-2)28(34)22-13-16-26(17-14-22)39(36,37)31-27(33)24-12-15-25(30-20-24)21-38-29(35)23-10-8-7-9-11-23/h7-17,20H,3-6,18-19,21H2,1-2H3,(H,31,33). The summed E-state index contributed by atoms with van der Waals surface area (Å²) < 4.78 is 32.8. The first kappa shape index (κ1) is 29.5. The van der Waals surface area contributed by atoms with E-state index in [1.807, 2.05) is 4.72 Å². The number of amides is 2. The maximum Gasteiger partial charge on any atom is 0.338 e. The van der Waals surface area contributed by atoms with Gasteiger partial charge in [0.25, 0.3) is 21.8 Å². The van der Waals surface area contributed by atoms with Crippen molar-refractivity contribution in [1.82, 2.24) is 14.6 Å². The Labute approximate surface area is 229 Å². The number of rotatable bonds is 13. The first-order valence-electron chi connectivity index (χ1n) is 12.9. The molecule has 206 valence electrons. The van der Waals surface area contributed by atoms with E-state index in [-0.39, 0.29) is 23.0 Å². The number of sulfonamides is 1. The molecular weight excluding hydrogens is 518 g/mol. The van der Waals surface area contributed by atoms with Crippen molar-refractivity contribution in [3.8, 4) is 0 Å². The van der Waals surface area contributed by atoms with E-state index in [0.717, 1.165) is 25.7 Å². The molecule has 9 nitrogen and oxygen atoms in total. The second-order valence-corrected chi connectivity index (χ2v) is 10.6. The van der Waals surface area contributed by atoms with Gasteiger partial charge in [-0.15, -0.1) is 0 Å². The van der Waals surface area contributed by atoms with Gasteiger partial charge >= 0.3 is 5.97 Å². The number of aromatic nitrogens is 1. The van der Waals surface area contributed by atoms with Crippen LogP contribution in [-0.4, -0.2) is 49.2 Å². The summed E-state index contributed by atoms with van der Waals surface area (Å²) in [5, 5.41) is 0. The molecule has 0 unspecified atom stereocenters. The Bertz CT molecular complexity index is 1350. The Morgan fingerprint density at radius 3 is 2.00 bits per heavy atom. The molecule has 2 aromatic carbocycles. The maximum absolute atomic E-state index is 12.9. The molecule has 0 spiro atoms. The van der Waals surface area contributed by atoms with E-state index >= 15 is 0 Å². The highest BCUT2D eigenvalue weighted by molar-refractivity contribution is 7.90. The zero-order chi connectivity index (χ0) is 28.3. The molecular formula is C29H33N3O6S. The number of esters is 1. The minimum atomic E-state index is -4.18. The van der Waals surface area contributed by atoms with Crippen LogP contribution in [0.3, 0.4) is 0 Å². The molecule has 10 heteroatoms. The minimum absolute atomic E-state index is 0.0194. The number of nitrogens with zero attached hydrogens (tertiary/aromatic N) is 2.